The van der Waals surface area contributed by atoms with Crippen molar-refractivity contribution in [3.05, 3.63) is 58.1 Å². The zero-order valence-corrected chi connectivity index (χ0v) is 23.1. The highest BCUT2D eigenvalue weighted by Crippen LogP contribution is 2.47. The van der Waals surface area contributed by atoms with Crippen LogP contribution in [0.5, 0.6) is 5.75 Å². The summed E-state index contributed by atoms with van der Waals surface area (Å²) in [7, 11) is -3.77. The molecule has 7 nitrogen and oxygen atoms in total. The molecule has 9 heteroatoms. The molecule has 38 heavy (non-hydrogen) atoms. The van der Waals surface area contributed by atoms with Crippen molar-refractivity contribution in [2.45, 2.75) is 62.9 Å². The molecular weight excluding hydrogens is 524 g/mol. The summed E-state index contributed by atoms with van der Waals surface area (Å²) < 4.78 is 33.9. The fourth-order valence-corrected chi connectivity index (χ4v) is 8.26. The van der Waals surface area contributed by atoms with E-state index in [1.54, 1.807) is 18.2 Å². The Kier molecular flexibility index (Phi) is 6.85. The van der Waals surface area contributed by atoms with Crippen LogP contribution in [-0.4, -0.2) is 51.0 Å². The number of nitrogens with zero attached hydrogens (tertiary/aromatic N) is 1. The molecule has 0 unspecified atom stereocenters. The lowest BCUT2D eigenvalue weighted by molar-refractivity contribution is 0.00932. The first-order valence-corrected chi connectivity index (χ1v) is 15.8. The summed E-state index contributed by atoms with van der Waals surface area (Å²) in [5.74, 6) is 0.461. The van der Waals surface area contributed by atoms with Gasteiger partial charge in [-0.05, 0) is 105 Å². The van der Waals surface area contributed by atoms with Gasteiger partial charge in [0.2, 0.25) is 10.0 Å². The monoisotopic (exact) mass is 558 g/mol. The Hall–Kier alpha value is -2.29. The van der Waals surface area contributed by atoms with Gasteiger partial charge in [0.15, 0.2) is 0 Å². The minimum atomic E-state index is -3.77. The molecule has 6 rings (SSSR count). The maximum atomic E-state index is 13.0. The first-order chi connectivity index (χ1) is 18.2. The molecule has 4 aliphatic rings. The third-order valence-electron chi connectivity index (χ3n) is 9.14. The Morgan fingerprint density at radius 3 is 2.76 bits per heavy atom. The molecule has 2 aliphatic carbocycles. The Labute approximate surface area is 229 Å². The van der Waals surface area contributed by atoms with Gasteiger partial charge in [0.05, 0.1) is 24.2 Å². The summed E-state index contributed by atoms with van der Waals surface area (Å²) in [5, 5.41) is 11.7. The molecule has 2 aromatic carbocycles. The van der Waals surface area contributed by atoms with Gasteiger partial charge in [0.1, 0.15) is 5.75 Å². The second-order valence-electron chi connectivity index (χ2n) is 11.6. The molecule has 1 fully saturated rings. The van der Waals surface area contributed by atoms with Crippen molar-refractivity contribution >= 4 is 33.2 Å². The van der Waals surface area contributed by atoms with Gasteiger partial charge in [-0.1, -0.05) is 17.7 Å². The number of aryl methyl sites for hydroxylation is 1. The number of aliphatic hydroxyl groups excluding tert-OH is 1. The van der Waals surface area contributed by atoms with Crippen molar-refractivity contribution in [3.8, 4) is 5.75 Å². The van der Waals surface area contributed by atoms with E-state index < -0.39 is 22.0 Å². The van der Waals surface area contributed by atoms with Gasteiger partial charge in [0.25, 0.3) is 5.91 Å². The minimum absolute atomic E-state index is 0.133. The van der Waals surface area contributed by atoms with Gasteiger partial charge >= 0.3 is 0 Å². The number of rotatable bonds is 0. The number of halogens is 1. The minimum Gasteiger partial charge on any atom is -0.490 e. The third kappa shape index (κ3) is 4.91. The second-order valence-corrected chi connectivity index (χ2v) is 13.9. The van der Waals surface area contributed by atoms with Crippen LogP contribution in [-0.2, 0) is 21.9 Å². The number of hydrogen-bond acceptors (Lipinski definition) is 6. The molecule has 1 spiro atoms. The number of fused-ring (bicyclic) bond motifs is 4. The SMILES string of the molecule is O=C1NS(=O)(=O)CCCC[C@@H](O)[C@@H]2CC[C@H]2CN2C[C@@]3(CCCc4cc(Cl)ccc43)COc3ccc1cc32. The highest BCUT2D eigenvalue weighted by molar-refractivity contribution is 7.90. The van der Waals surface area contributed by atoms with Crippen LogP contribution >= 0.6 is 11.6 Å². The van der Waals surface area contributed by atoms with E-state index in [0.717, 1.165) is 55.9 Å². The van der Waals surface area contributed by atoms with Gasteiger partial charge in [0, 0.05) is 29.1 Å². The number of anilines is 1. The zero-order valence-electron chi connectivity index (χ0n) is 21.5. The summed E-state index contributed by atoms with van der Waals surface area (Å²) in [6.07, 6.45) is 6.17. The standard InChI is InChI=1S/C29H35ClN2O5S/c30-22-8-10-24-19(14-22)4-3-12-29(24)17-32-16-21-6-9-23(21)26(33)5-1-2-13-38(35,36)31-28(34)20-7-11-27(37-18-29)25(32)15-20/h7-8,10-11,14-15,21,23,26,33H,1-6,9,12-13,16-18H2,(H,31,34)/t21-,23+,26+,29-/m0/s1. The van der Waals surface area contributed by atoms with Gasteiger partial charge in [-0.3, -0.25) is 4.79 Å². The normalized spacial score (nSPS) is 30.8. The second kappa shape index (κ2) is 10.0. The fourth-order valence-electron chi connectivity index (χ4n) is 6.98. The molecule has 4 atom stereocenters. The van der Waals surface area contributed by atoms with Crippen molar-refractivity contribution in [1.29, 1.82) is 0 Å². The van der Waals surface area contributed by atoms with Crippen molar-refractivity contribution in [1.82, 2.24) is 4.72 Å². The number of carbonyl (C=O) groups is 1. The number of nitrogens with one attached hydrogen (secondary N) is 1. The smallest absolute Gasteiger partial charge is 0.264 e. The molecule has 1 amide bonds. The van der Waals surface area contributed by atoms with E-state index in [4.69, 9.17) is 16.3 Å². The van der Waals surface area contributed by atoms with E-state index in [0.29, 0.717) is 43.1 Å². The Balaban J connectivity index is 1.42. The van der Waals surface area contributed by atoms with Crippen LogP contribution < -0.4 is 14.4 Å². The van der Waals surface area contributed by atoms with Crippen molar-refractivity contribution < 1.29 is 23.1 Å². The van der Waals surface area contributed by atoms with Crippen molar-refractivity contribution in [2.75, 3.05) is 30.3 Å². The van der Waals surface area contributed by atoms with Crippen molar-refractivity contribution in [3.63, 3.8) is 0 Å². The maximum absolute atomic E-state index is 13.0. The van der Waals surface area contributed by atoms with Gasteiger partial charge < -0.3 is 14.7 Å². The molecule has 2 bridgehead atoms. The first kappa shape index (κ1) is 26.0. The topological polar surface area (TPSA) is 95.9 Å². The number of sulfonamides is 1. The van der Waals surface area contributed by atoms with Crippen molar-refractivity contribution in [2.24, 2.45) is 11.8 Å². The predicted octanol–water partition coefficient (Wildman–Crippen LogP) is 4.44. The van der Waals surface area contributed by atoms with Crippen LogP contribution in [0.2, 0.25) is 5.02 Å². The Morgan fingerprint density at radius 1 is 1.08 bits per heavy atom. The lowest BCUT2D eigenvalue weighted by Gasteiger charge is -2.45. The summed E-state index contributed by atoms with van der Waals surface area (Å²) in [5.41, 5.74) is 3.41. The number of benzene rings is 2. The van der Waals surface area contributed by atoms with Crippen LogP contribution in [0.4, 0.5) is 5.69 Å². The van der Waals surface area contributed by atoms with Crippen LogP contribution in [0.15, 0.2) is 36.4 Å². The molecule has 0 saturated heterocycles. The van der Waals surface area contributed by atoms with Crippen LogP contribution in [0.3, 0.4) is 0 Å². The highest BCUT2D eigenvalue weighted by Gasteiger charge is 2.44. The summed E-state index contributed by atoms with van der Waals surface area (Å²) in [6, 6.07) is 11.4. The lowest BCUT2D eigenvalue weighted by Crippen LogP contribution is -2.49. The zero-order chi connectivity index (χ0) is 26.5. The number of amides is 1. The van der Waals surface area contributed by atoms with Gasteiger partial charge in [-0.25, -0.2) is 13.1 Å². The van der Waals surface area contributed by atoms with Crippen LogP contribution in [0, 0.1) is 11.8 Å². The predicted molar refractivity (Wildman–Crippen MR) is 148 cm³/mol. The number of hydrogen-bond donors (Lipinski definition) is 2. The largest absolute Gasteiger partial charge is 0.490 e. The first-order valence-electron chi connectivity index (χ1n) is 13.8. The quantitative estimate of drug-likeness (QED) is 0.496. The average molecular weight is 559 g/mol. The number of ether oxygens (including phenoxy) is 1. The van der Waals surface area contributed by atoms with E-state index >= 15 is 0 Å². The molecule has 204 valence electrons. The lowest BCUT2D eigenvalue weighted by atomic mass is 9.68. The fraction of sp³-hybridized carbons (Fsp3) is 0.552. The summed E-state index contributed by atoms with van der Waals surface area (Å²) in [6.45, 7) is 1.99. The van der Waals surface area contributed by atoms with E-state index in [-0.39, 0.29) is 17.1 Å². The number of carbonyl (C=O) groups excluding carboxylic acids is 1. The maximum Gasteiger partial charge on any atom is 0.264 e. The van der Waals surface area contributed by atoms with Gasteiger partial charge in [-0.15, -0.1) is 0 Å². The highest BCUT2D eigenvalue weighted by atomic mass is 35.5. The third-order valence-corrected chi connectivity index (χ3v) is 10.7. The summed E-state index contributed by atoms with van der Waals surface area (Å²) >= 11 is 6.36. The Bertz CT molecular complexity index is 1350. The molecule has 2 heterocycles. The van der Waals surface area contributed by atoms with Crippen LogP contribution in [0.25, 0.3) is 0 Å². The van der Waals surface area contributed by atoms with E-state index in [1.807, 2.05) is 6.07 Å². The van der Waals surface area contributed by atoms with E-state index in [1.165, 1.54) is 11.1 Å². The molecule has 0 radical (unpaired) electrons. The molecule has 1 saturated carbocycles. The summed E-state index contributed by atoms with van der Waals surface area (Å²) in [4.78, 5) is 15.3. The molecular formula is C29H35ClN2O5S. The molecule has 2 aliphatic heterocycles. The van der Waals surface area contributed by atoms with Gasteiger partial charge in [-0.2, -0.15) is 0 Å². The Morgan fingerprint density at radius 2 is 1.95 bits per heavy atom. The van der Waals surface area contributed by atoms with Crippen LogP contribution in [0.1, 0.15) is 66.4 Å². The number of aliphatic hydroxyl groups is 1. The molecule has 2 aromatic rings. The van der Waals surface area contributed by atoms with E-state index in [9.17, 15) is 18.3 Å². The molecule has 2 N–H and O–H groups in total. The van der Waals surface area contributed by atoms with E-state index in [2.05, 4.69) is 21.8 Å². The molecule has 0 aromatic heterocycles. The average Bonchev–Trinajstić information content (AvgIpc) is 3.01.